The van der Waals surface area contributed by atoms with Gasteiger partial charge in [-0.25, -0.2) is 0 Å². The highest BCUT2D eigenvalue weighted by atomic mass is 16.5. The normalized spacial score (nSPS) is 11.1. The number of carbonyl (C=O) groups is 1. The van der Waals surface area contributed by atoms with E-state index in [0.717, 1.165) is 0 Å². The minimum absolute atomic E-state index is 0.0130. The van der Waals surface area contributed by atoms with Gasteiger partial charge >= 0.3 is 0 Å². The van der Waals surface area contributed by atoms with Crippen molar-refractivity contribution in [1.29, 1.82) is 0 Å². The Morgan fingerprint density at radius 2 is 1.88 bits per heavy atom. The fraction of sp³-hybridized carbons (Fsp3) is 0.273. The summed E-state index contributed by atoms with van der Waals surface area (Å²) in [6, 6.07) is 4.84. The number of methoxy groups -OCH3 is 2. The van der Waals surface area contributed by atoms with Gasteiger partial charge in [0.05, 0.1) is 14.2 Å². The molecule has 1 aromatic rings. The van der Waals surface area contributed by atoms with Crippen LogP contribution in [0.4, 0.5) is 0 Å². The molecule has 0 heterocycles. The van der Waals surface area contributed by atoms with Gasteiger partial charge in [-0.15, -0.1) is 0 Å². The highest BCUT2D eigenvalue weighted by Gasteiger charge is 2.13. The molecule has 86 valence electrons. The third kappa shape index (κ3) is 2.31. The molecule has 0 amide bonds. The molecule has 0 fully saturated rings. The van der Waals surface area contributed by atoms with Gasteiger partial charge in [-0.3, -0.25) is 4.79 Å². The minimum atomic E-state index is -0.324. The Morgan fingerprint density at radius 3 is 2.31 bits per heavy atom. The molecular formula is C11H13NO4. The van der Waals surface area contributed by atoms with Gasteiger partial charge in [-0.05, 0) is 18.2 Å². The molecule has 0 spiro atoms. The number of oxime groups is 1. The van der Waals surface area contributed by atoms with Crippen molar-refractivity contribution in [3.8, 4) is 11.5 Å². The number of Topliss-reactive ketones (excluding diaryl/α,β-unsaturated/α-hetero) is 1. The Kier molecular flexibility index (Phi) is 3.88. The van der Waals surface area contributed by atoms with Crippen LogP contribution in [0, 0.1) is 0 Å². The van der Waals surface area contributed by atoms with E-state index >= 15 is 0 Å². The number of benzene rings is 1. The van der Waals surface area contributed by atoms with Crippen LogP contribution in [0.5, 0.6) is 11.5 Å². The Labute approximate surface area is 93.3 Å². The zero-order valence-electron chi connectivity index (χ0n) is 9.35. The van der Waals surface area contributed by atoms with Gasteiger partial charge in [-0.2, -0.15) is 0 Å². The molecule has 0 aliphatic heterocycles. The third-order valence-electron chi connectivity index (χ3n) is 2.09. The molecule has 0 aliphatic rings. The lowest BCUT2D eigenvalue weighted by atomic mass is 10.1. The summed E-state index contributed by atoms with van der Waals surface area (Å²) in [4.78, 5) is 11.2. The molecule has 16 heavy (non-hydrogen) atoms. The summed E-state index contributed by atoms with van der Waals surface area (Å²) in [6.45, 7) is 1.33. The summed E-state index contributed by atoms with van der Waals surface area (Å²) in [7, 11) is 3.01. The molecule has 1 N–H and O–H groups in total. The fourth-order valence-electron chi connectivity index (χ4n) is 1.31. The van der Waals surface area contributed by atoms with Gasteiger partial charge in [0, 0.05) is 12.5 Å². The maximum absolute atomic E-state index is 11.2. The number of ether oxygens (including phenoxy) is 2. The smallest absolute Gasteiger partial charge is 0.182 e. The van der Waals surface area contributed by atoms with Crippen LogP contribution in [0.1, 0.15) is 12.5 Å². The number of nitrogens with zero attached hydrogens (tertiary/aromatic N) is 1. The summed E-state index contributed by atoms with van der Waals surface area (Å²) in [5, 5.41) is 11.7. The lowest BCUT2D eigenvalue weighted by molar-refractivity contribution is -0.111. The van der Waals surface area contributed by atoms with E-state index in [1.54, 1.807) is 18.2 Å². The maximum atomic E-state index is 11.2. The lowest BCUT2D eigenvalue weighted by Gasteiger charge is -2.09. The first-order valence-corrected chi connectivity index (χ1v) is 4.59. The first-order chi connectivity index (χ1) is 7.63. The van der Waals surface area contributed by atoms with Crippen LogP contribution in [0.15, 0.2) is 23.4 Å². The predicted octanol–water partition coefficient (Wildman–Crippen LogP) is 1.47. The van der Waals surface area contributed by atoms with E-state index in [9.17, 15) is 4.79 Å². The number of ketones is 1. The van der Waals surface area contributed by atoms with E-state index in [-0.39, 0.29) is 11.5 Å². The first kappa shape index (κ1) is 12.0. The standard InChI is InChI=1S/C11H13NO4/c1-7(13)11(12-14)8-4-5-9(15-2)10(6-8)16-3/h4-6,14H,1-3H3/b12-11+. The summed E-state index contributed by atoms with van der Waals surface area (Å²) < 4.78 is 10.1. The van der Waals surface area contributed by atoms with E-state index in [4.69, 9.17) is 14.7 Å². The van der Waals surface area contributed by atoms with Crippen molar-refractivity contribution < 1.29 is 19.5 Å². The van der Waals surface area contributed by atoms with E-state index in [0.29, 0.717) is 17.1 Å². The molecule has 0 saturated heterocycles. The SMILES string of the molecule is COc1ccc(/C(=N/O)C(C)=O)cc1OC. The second-order valence-corrected chi connectivity index (χ2v) is 3.07. The molecule has 0 saturated carbocycles. The topological polar surface area (TPSA) is 68.1 Å². The third-order valence-corrected chi connectivity index (χ3v) is 2.09. The Hall–Kier alpha value is -2.04. The van der Waals surface area contributed by atoms with Crippen molar-refractivity contribution >= 4 is 11.5 Å². The number of rotatable bonds is 4. The Balaban J connectivity index is 3.22. The summed E-state index contributed by atoms with van der Waals surface area (Å²) in [5.74, 6) is 0.698. The van der Waals surface area contributed by atoms with Crippen molar-refractivity contribution in [1.82, 2.24) is 0 Å². The Bertz CT molecular complexity index is 426. The van der Waals surface area contributed by atoms with Gasteiger partial charge < -0.3 is 14.7 Å². The summed E-state index contributed by atoms with van der Waals surface area (Å²) >= 11 is 0. The molecule has 0 aromatic heterocycles. The highest BCUT2D eigenvalue weighted by Crippen LogP contribution is 2.27. The van der Waals surface area contributed by atoms with E-state index < -0.39 is 0 Å². The van der Waals surface area contributed by atoms with Crippen molar-refractivity contribution in [3.63, 3.8) is 0 Å². The van der Waals surface area contributed by atoms with Gasteiger partial charge in [0.1, 0.15) is 0 Å². The number of hydrogen-bond acceptors (Lipinski definition) is 5. The molecule has 1 aromatic carbocycles. The second-order valence-electron chi connectivity index (χ2n) is 3.07. The number of carbonyl (C=O) groups excluding carboxylic acids is 1. The quantitative estimate of drug-likeness (QED) is 0.477. The molecule has 5 nitrogen and oxygen atoms in total. The monoisotopic (exact) mass is 223 g/mol. The zero-order valence-corrected chi connectivity index (χ0v) is 9.35. The van der Waals surface area contributed by atoms with Crippen LogP contribution < -0.4 is 9.47 Å². The highest BCUT2D eigenvalue weighted by molar-refractivity contribution is 6.45. The van der Waals surface area contributed by atoms with Crippen LogP contribution in [-0.2, 0) is 4.79 Å². The molecule has 0 radical (unpaired) electrons. The van der Waals surface area contributed by atoms with Crippen molar-refractivity contribution in [2.45, 2.75) is 6.92 Å². The predicted molar refractivity (Wildman–Crippen MR) is 58.6 cm³/mol. The van der Waals surface area contributed by atoms with Gasteiger partial charge in [0.2, 0.25) is 0 Å². The maximum Gasteiger partial charge on any atom is 0.182 e. The average molecular weight is 223 g/mol. The molecular weight excluding hydrogens is 210 g/mol. The molecule has 1 rings (SSSR count). The minimum Gasteiger partial charge on any atom is -0.493 e. The van der Waals surface area contributed by atoms with Crippen LogP contribution in [0.2, 0.25) is 0 Å². The molecule has 5 heteroatoms. The van der Waals surface area contributed by atoms with E-state index in [2.05, 4.69) is 5.16 Å². The first-order valence-electron chi connectivity index (χ1n) is 4.59. The number of hydrogen-bond donors (Lipinski definition) is 1. The van der Waals surface area contributed by atoms with Crippen molar-refractivity contribution in [2.75, 3.05) is 14.2 Å². The largest absolute Gasteiger partial charge is 0.493 e. The van der Waals surface area contributed by atoms with Crippen LogP contribution in [-0.4, -0.2) is 30.9 Å². The van der Waals surface area contributed by atoms with Crippen molar-refractivity contribution in [2.24, 2.45) is 5.16 Å². The van der Waals surface area contributed by atoms with Gasteiger partial charge in [0.25, 0.3) is 0 Å². The molecule has 0 aliphatic carbocycles. The zero-order chi connectivity index (χ0) is 12.1. The Morgan fingerprint density at radius 1 is 1.25 bits per heavy atom. The van der Waals surface area contributed by atoms with Crippen molar-refractivity contribution in [3.05, 3.63) is 23.8 Å². The van der Waals surface area contributed by atoms with E-state index in [1.165, 1.54) is 21.1 Å². The molecule has 0 atom stereocenters. The van der Waals surface area contributed by atoms with Gasteiger partial charge in [0.15, 0.2) is 23.0 Å². The molecule has 0 bridgehead atoms. The van der Waals surface area contributed by atoms with Crippen LogP contribution >= 0.6 is 0 Å². The van der Waals surface area contributed by atoms with Gasteiger partial charge in [-0.1, -0.05) is 5.16 Å². The lowest BCUT2D eigenvalue weighted by Crippen LogP contribution is -2.11. The summed E-state index contributed by atoms with van der Waals surface area (Å²) in [5.41, 5.74) is 0.466. The second kappa shape index (κ2) is 5.16. The average Bonchev–Trinajstić information content (AvgIpc) is 2.29. The summed E-state index contributed by atoms with van der Waals surface area (Å²) in [6.07, 6.45) is 0. The molecule has 0 unspecified atom stereocenters. The fourth-order valence-corrected chi connectivity index (χ4v) is 1.31. The van der Waals surface area contributed by atoms with E-state index in [1.807, 2.05) is 0 Å². The van der Waals surface area contributed by atoms with Crippen LogP contribution in [0.3, 0.4) is 0 Å². The van der Waals surface area contributed by atoms with Crippen LogP contribution in [0.25, 0.3) is 0 Å².